The van der Waals surface area contributed by atoms with Gasteiger partial charge < -0.3 is 10.6 Å². The van der Waals surface area contributed by atoms with Crippen LogP contribution in [0.3, 0.4) is 0 Å². The van der Waals surface area contributed by atoms with Crippen LogP contribution in [0.15, 0.2) is 33.9 Å². The maximum Gasteiger partial charge on any atom is 0.332 e. The lowest BCUT2D eigenvalue weighted by Crippen LogP contribution is -2.37. The van der Waals surface area contributed by atoms with Crippen LogP contribution in [0.1, 0.15) is 10.4 Å². The highest BCUT2D eigenvalue weighted by atomic mass is 35.5. The largest absolute Gasteiger partial charge is 0.355 e. The van der Waals surface area contributed by atoms with Crippen LogP contribution in [0.5, 0.6) is 0 Å². The van der Waals surface area contributed by atoms with Crippen LogP contribution in [0.25, 0.3) is 11.2 Å². The summed E-state index contributed by atoms with van der Waals surface area (Å²) in [6, 6.07) is 6.39. The van der Waals surface area contributed by atoms with Gasteiger partial charge in [0.1, 0.15) is 6.54 Å². The quantitative estimate of drug-likeness (QED) is 0.597. The fourth-order valence-electron chi connectivity index (χ4n) is 2.79. The zero-order chi connectivity index (χ0) is 20.6. The Labute approximate surface area is 163 Å². The van der Waals surface area contributed by atoms with E-state index in [1.807, 2.05) is 0 Å². The normalized spacial score (nSPS) is 10.9. The molecule has 0 spiro atoms. The van der Waals surface area contributed by atoms with Crippen LogP contribution < -0.4 is 21.9 Å². The molecule has 28 heavy (non-hydrogen) atoms. The van der Waals surface area contributed by atoms with E-state index in [0.717, 1.165) is 4.57 Å². The molecule has 0 radical (unpaired) electrons. The van der Waals surface area contributed by atoms with Crippen molar-refractivity contribution in [2.24, 2.45) is 14.1 Å². The molecule has 0 unspecified atom stereocenters. The highest BCUT2D eigenvalue weighted by Crippen LogP contribution is 2.16. The van der Waals surface area contributed by atoms with Crippen LogP contribution in [0, 0.1) is 0 Å². The molecule has 0 aliphatic rings. The maximum absolute atomic E-state index is 12.5. The first-order chi connectivity index (χ1) is 13.2. The summed E-state index contributed by atoms with van der Waals surface area (Å²) in [6.45, 7) is -0.299. The monoisotopic (exact) mass is 404 g/mol. The number of nitrogens with zero attached hydrogens (tertiary/aromatic N) is 4. The number of hydrogen-bond acceptors (Lipinski definition) is 5. The minimum atomic E-state index is -0.605. The van der Waals surface area contributed by atoms with Crippen molar-refractivity contribution in [2.75, 3.05) is 12.4 Å². The van der Waals surface area contributed by atoms with Gasteiger partial charge in [0, 0.05) is 32.4 Å². The molecule has 0 fully saturated rings. The van der Waals surface area contributed by atoms with Crippen molar-refractivity contribution in [1.29, 1.82) is 0 Å². The average Bonchev–Trinajstić information content (AvgIpc) is 3.00. The molecule has 11 heteroatoms. The van der Waals surface area contributed by atoms with Crippen LogP contribution >= 0.6 is 11.6 Å². The Balaban J connectivity index is 1.95. The van der Waals surface area contributed by atoms with Crippen molar-refractivity contribution in [3.8, 4) is 0 Å². The summed E-state index contributed by atoms with van der Waals surface area (Å²) in [6.07, 6.45) is 0. The van der Waals surface area contributed by atoms with Crippen LogP contribution in [0.4, 0.5) is 5.69 Å². The van der Waals surface area contributed by atoms with Crippen molar-refractivity contribution in [1.82, 2.24) is 24.0 Å². The summed E-state index contributed by atoms with van der Waals surface area (Å²) < 4.78 is 3.34. The molecule has 146 valence electrons. The second-order valence-electron chi connectivity index (χ2n) is 6.05. The molecule has 0 aliphatic heterocycles. The van der Waals surface area contributed by atoms with E-state index in [1.54, 1.807) is 18.2 Å². The smallest absolute Gasteiger partial charge is 0.332 e. The average molecular weight is 405 g/mol. The molecular formula is C17H17ClN6O4. The molecule has 0 bridgehead atoms. The predicted molar refractivity (Wildman–Crippen MR) is 104 cm³/mol. The molecule has 0 saturated heterocycles. The van der Waals surface area contributed by atoms with E-state index in [2.05, 4.69) is 15.6 Å². The standard InChI is InChI=1S/C17H17ClN6O4/c1-19-14(26)9-5-4-6-10(7-9)20-11(25)8-24-12-13(21-16(24)18)22(2)17(28)23(3)15(12)27/h4-7H,8H2,1-3H3,(H,19,26)(H,20,25). The molecule has 0 aliphatic carbocycles. The van der Waals surface area contributed by atoms with E-state index in [-0.39, 0.29) is 28.9 Å². The Hall–Kier alpha value is -3.40. The Morgan fingerprint density at radius 1 is 1.18 bits per heavy atom. The fourth-order valence-corrected chi connectivity index (χ4v) is 3.02. The number of hydrogen-bond donors (Lipinski definition) is 2. The van der Waals surface area contributed by atoms with Gasteiger partial charge in [-0.1, -0.05) is 6.07 Å². The second kappa shape index (κ2) is 7.31. The zero-order valence-corrected chi connectivity index (χ0v) is 16.1. The number of halogens is 1. The van der Waals surface area contributed by atoms with E-state index in [0.29, 0.717) is 11.3 Å². The van der Waals surface area contributed by atoms with Crippen molar-refractivity contribution in [3.63, 3.8) is 0 Å². The van der Waals surface area contributed by atoms with Gasteiger partial charge in [-0.25, -0.2) is 4.79 Å². The van der Waals surface area contributed by atoms with Gasteiger partial charge in [-0.2, -0.15) is 4.98 Å². The van der Waals surface area contributed by atoms with Crippen LogP contribution in [-0.2, 0) is 25.4 Å². The first-order valence-corrected chi connectivity index (χ1v) is 8.56. The van der Waals surface area contributed by atoms with E-state index >= 15 is 0 Å². The van der Waals surface area contributed by atoms with Gasteiger partial charge in [0.25, 0.3) is 11.5 Å². The third-order valence-corrected chi connectivity index (χ3v) is 4.53. The number of carbonyl (C=O) groups excluding carboxylic acids is 2. The molecule has 2 aromatic heterocycles. The lowest BCUT2D eigenvalue weighted by atomic mass is 10.2. The lowest BCUT2D eigenvalue weighted by molar-refractivity contribution is -0.116. The molecule has 0 saturated carbocycles. The maximum atomic E-state index is 12.5. The van der Waals surface area contributed by atoms with E-state index < -0.39 is 17.2 Å². The molecule has 3 rings (SSSR count). The Bertz CT molecular complexity index is 1220. The first kappa shape index (κ1) is 19.4. The van der Waals surface area contributed by atoms with Gasteiger partial charge in [-0.3, -0.25) is 28.1 Å². The fraction of sp³-hybridized carbons (Fsp3) is 0.235. The van der Waals surface area contributed by atoms with Gasteiger partial charge in [0.15, 0.2) is 11.2 Å². The minimum absolute atomic E-state index is 0.0452. The first-order valence-electron chi connectivity index (χ1n) is 8.18. The Kier molecular flexibility index (Phi) is 5.06. The summed E-state index contributed by atoms with van der Waals surface area (Å²) in [4.78, 5) is 52.7. The third kappa shape index (κ3) is 3.29. The highest BCUT2D eigenvalue weighted by molar-refractivity contribution is 6.29. The number of aryl methyl sites for hydroxylation is 1. The van der Waals surface area contributed by atoms with Crippen LogP contribution in [-0.4, -0.2) is 37.5 Å². The van der Waals surface area contributed by atoms with Gasteiger partial charge in [-0.05, 0) is 29.8 Å². The second-order valence-corrected chi connectivity index (χ2v) is 6.39. The number of aromatic nitrogens is 4. The number of nitrogens with one attached hydrogen (secondary N) is 2. The molecule has 2 N–H and O–H groups in total. The van der Waals surface area contributed by atoms with Gasteiger partial charge >= 0.3 is 5.69 Å². The van der Waals surface area contributed by atoms with Gasteiger partial charge in [0.05, 0.1) is 0 Å². The molecule has 1 aromatic carbocycles. The van der Waals surface area contributed by atoms with E-state index in [4.69, 9.17) is 11.6 Å². The number of carbonyl (C=O) groups is 2. The predicted octanol–water partition coefficient (Wildman–Crippen LogP) is 0.0854. The number of anilines is 1. The molecule has 10 nitrogen and oxygen atoms in total. The summed E-state index contributed by atoms with van der Waals surface area (Å²) in [5, 5.41) is 5.05. The lowest BCUT2D eigenvalue weighted by Gasteiger charge is -2.09. The molecule has 3 aromatic rings. The number of fused-ring (bicyclic) bond motifs is 1. The summed E-state index contributed by atoms with van der Waals surface area (Å²) in [5.41, 5.74) is -0.222. The third-order valence-electron chi connectivity index (χ3n) is 4.24. The number of imidazole rings is 1. The van der Waals surface area contributed by atoms with Crippen molar-refractivity contribution in [2.45, 2.75) is 6.54 Å². The highest BCUT2D eigenvalue weighted by Gasteiger charge is 2.20. The number of benzene rings is 1. The van der Waals surface area contributed by atoms with E-state index in [9.17, 15) is 19.2 Å². The molecular weight excluding hydrogens is 388 g/mol. The van der Waals surface area contributed by atoms with Crippen molar-refractivity contribution >= 4 is 40.3 Å². The SMILES string of the molecule is CNC(=O)c1cccc(NC(=O)Cn2c(Cl)nc3c2c(=O)n(C)c(=O)n3C)c1. The molecule has 0 atom stereocenters. The number of rotatable bonds is 4. The van der Waals surface area contributed by atoms with Gasteiger partial charge in [0.2, 0.25) is 11.2 Å². The van der Waals surface area contributed by atoms with Crippen molar-refractivity contribution in [3.05, 3.63) is 56.0 Å². The topological polar surface area (TPSA) is 120 Å². The van der Waals surface area contributed by atoms with E-state index in [1.165, 1.54) is 36.3 Å². The summed E-state index contributed by atoms with van der Waals surface area (Å²) in [7, 11) is 4.30. The zero-order valence-electron chi connectivity index (χ0n) is 15.3. The van der Waals surface area contributed by atoms with Crippen molar-refractivity contribution < 1.29 is 9.59 Å². The Morgan fingerprint density at radius 3 is 2.57 bits per heavy atom. The number of amides is 2. The van der Waals surface area contributed by atoms with Crippen LogP contribution in [0.2, 0.25) is 5.28 Å². The summed E-state index contributed by atoms with van der Waals surface area (Å²) in [5.74, 6) is -0.768. The van der Waals surface area contributed by atoms with Gasteiger partial charge in [-0.15, -0.1) is 0 Å². The summed E-state index contributed by atoms with van der Waals surface area (Å²) >= 11 is 6.10. The molecule has 2 heterocycles. The Morgan fingerprint density at radius 2 is 1.89 bits per heavy atom. The minimum Gasteiger partial charge on any atom is -0.355 e. The molecule has 2 amide bonds.